The molecule has 1 heterocycles. The predicted molar refractivity (Wildman–Crippen MR) is 252 cm³/mol. The highest BCUT2D eigenvalue weighted by atomic mass is 32.2. The van der Waals surface area contributed by atoms with Gasteiger partial charge >= 0.3 is 11.9 Å². The van der Waals surface area contributed by atoms with Crippen molar-refractivity contribution >= 4 is 22.1 Å². The van der Waals surface area contributed by atoms with Gasteiger partial charge in [0.15, 0.2) is 12.4 Å². The molecule has 0 spiro atoms. The fourth-order valence-corrected chi connectivity index (χ4v) is 7.57. The number of rotatable bonds is 39. The topological polar surface area (TPSA) is 186 Å². The van der Waals surface area contributed by atoms with Gasteiger partial charge in [-0.15, -0.1) is 0 Å². The third kappa shape index (κ3) is 34.2. The van der Waals surface area contributed by atoms with Crippen molar-refractivity contribution in [2.45, 2.75) is 211 Å². The minimum Gasteiger partial charge on any atom is -0.462 e. The predicted octanol–water partition coefficient (Wildman–Crippen LogP) is 10.3. The Kier molecular flexibility index (Phi) is 36.4. The van der Waals surface area contributed by atoms with E-state index in [1.165, 1.54) is 77.0 Å². The van der Waals surface area contributed by atoms with E-state index in [0.29, 0.717) is 19.3 Å². The highest BCUT2D eigenvalue weighted by molar-refractivity contribution is 7.85. The molecule has 0 saturated carbocycles. The Morgan fingerprint density at radius 2 is 1.00 bits per heavy atom. The molecule has 6 atom stereocenters. The number of aliphatic hydroxyl groups is 3. The molecule has 0 amide bonds. The van der Waals surface area contributed by atoms with Crippen LogP contribution in [0.2, 0.25) is 0 Å². The summed E-state index contributed by atoms with van der Waals surface area (Å²) in [6, 6.07) is 0. The van der Waals surface area contributed by atoms with Crippen molar-refractivity contribution in [1.29, 1.82) is 0 Å². The number of carbonyl (C=O) groups is 2. The summed E-state index contributed by atoms with van der Waals surface area (Å²) in [7, 11) is -4.62. The fraction of sp³-hybridized carbons (Fsp3) is 0.720. The fourth-order valence-electron chi connectivity index (χ4n) is 6.88. The number of ether oxygens (including phenoxy) is 4. The molecule has 1 fully saturated rings. The van der Waals surface area contributed by atoms with Crippen LogP contribution in [0, 0.1) is 0 Å². The van der Waals surface area contributed by atoms with E-state index in [1.807, 2.05) is 18.2 Å². The Bertz CT molecular complexity index is 1440. The van der Waals surface area contributed by atoms with Crippen molar-refractivity contribution < 1.29 is 56.8 Å². The number of hydrogen-bond donors (Lipinski definition) is 4. The molecule has 0 radical (unpaired) electrons. The van der Waals surface area contributed by atoms with Gasteiger partial charge < -0.3 is 34.3 Å². The summed E-state index contributed by atoms with van der Waals surface area (Å²) in [6.45, 7) is 3.59. The number of allylic oxidation sites excluding steroid dienone is 12. The van der Waals surface area contributed by atoms with Gasteiger partial charge in [0.1, 0.15) is 36.8 Å². The van der Waals surface area contributed by atoms with Crippen molar-refractivity contribution in [3.63, 3.8) is 0 Å². The molecule has 63 heavy (non-hydrogen) atoms. The largest absolute Gasteiger partial charge is 0.462 e. The minimum atomic E-state index is -4.62. The molecule has 362 valence electrons. The minimum absolute atomic E-state index is 0.0374. The van der Waals surface area contributed by atoms with Gasteiger partial charge in [-0.2, -0.15) is 8.42 Å². The molecule has 0 bridgehead atoms. The Morgan fingerprint density at radius 3 is 1.46 bits per heavy atom. The van der Waals surface area contributed by atoms with Crippen molar-refractivity contribution in [2.24, 2.45) is 0 Å². The molecule has 13 heteroatoms. The lowest BCUT2D eigenvalue weighted by atomic mass is 10.00. The van der Waals surface area contributed by atoms with E-state index in [2.05, 4.69) is 68.5 Å². The van der Waals surface area contributed by atoms with Gasteiger partial charge in [-0.3, -0.25) is 14.1 Å². The van der Waals surface area contributed by atoms with Crippen LogP contribution in [0.5, 0.6) is 0 Å². The molecular weight excluding hydrogens is 825 g/mol. The second kappa shape index (κ2) is 39.5. The Balaban J connectivity index is 2.48. The molecule has 12 nitrogen and oxygen atoms in total. The maximum atomic E-state index is 12.8. The number of aliphatic hydroxyl groups excluding tert-OH is 3. The number of carbonyl (C=O) groups excluding carboxylic acids is 2. The summed E-state index contributed by atoms with van der Waals surface area (Å²) >= 11 is 0. The molecule has 1 aliphatic heterocycles. The summed E-state index contributed by atoms with van der Waals surface area (Å²) in [5.74, 6) is -2.09. The van der Waals surface area contributed by atoms with E-state index in [4.69, 9.17) is 18.9 Å². The summed E-state index contributed by atoms with van der Waals surface area (Å²) in [6.07, 6.45) is 41.0. The Hall–Kier alpha value is -2.91. The van der Waals surface area contributed by atoms with Crippen molar-refractivity contribution in [1.82, 2.24) is 0 Å². The summed E-state index contributed by atoms with van der Waals surface area (Å²) in [5.41, 5.74) is 0. The van der Waals surface area contributed by atoms with Gasteiger partial charge in [-0.1, -0.05) is 183 Å². The van der Waals surface area contributed by atoms with Crippen LogP contribution in [0.25, 0.3) is 0 Å². The lowest BCUT2D eigenvalue weighted by molar-refractivity contribution is -0.297. The Labute approximate surface area is 380 Å². The average Bonchev–Trinajstić information content (AvgIpc) is 3.25. The van der Waals surface area contributed by atoms with Crippen LogP contribution >= 0.6 is 0 Å². The zero-order valence-corrected chi connectivity index (χ0v) is 39.5. The summed E-state index contributed by atoms with van der Waals surface area (Å²) in [4.78, 5) is 25.4. The number of hydrogen-bond acceptors (Lipinski definition) is 11. The Morgan fingerprint density at radius 1 is 0.556 bits per heavy atom. The summed E-state index contributed by atoms with van der Waals surface area (Å²) < 4.78 is 54.0. The van der Waals surface area contributed by atoms with Crippen molar-refractivity contribution in [3.05, 3.63) is 72.9 Å². The first-order valence-electron chi connectivity index (χ1n) is 24.0. The standard InChI is InChI=1S/C50H84O12S/c1-3-5-7-9-11-13-15-17-19-21-22-23-25-27-29-31-33-35-37-39-46(52)61-43(41-60-50-49(55)48(54)47(53)44(62-50)42-63(56,57)58)40-59-45(51)38-36-34-32-30-28-26-24-20-18-16-14-12-10-8-6-4-2/h5,7,11,13,17,19,22-23,27,29,33,35,43-44,47-50,53-55H,3-4,6,8-10,12,14-16,18,20-21,24-26,28,30-32,34,36-42H2,1-2H3,(H,56,57,58)/b7-5+,13-11+,19-17+,23-22+,29-27+,35-33+/t43-,44-,47-,48?,49?,50+/m1/s1. The monoisotopic (exact) mass is 909 g/mol. The zero-order valence-electron chi connectivity index (χ0n) is 38.7. The SMILES string of the molecule is CC/C=C/C/C=C/C/C=C/C/C=C/C/C=C/C/C=C/CCC(=O)O[C@H](COC(=O)CCCCCCCCCCCCCCCCCC)CO[C@H]1O[C@H](CS(=O)(=O)O)[C@@H](O)C(O)C1O. The first-order chi connectivity index (χ1) is 30.5. The van der Waals surface area contributed by atoms with Crippen molar-refractivity contribution in [3.8, 4) is 0 Å². The smallest absolute Gasteiger partial charge is 0.306 e. The van der Waals surface area contributed by atoms with Crippen LogP contribution in [0.15, 0.2) is 72.9 Å². The lowest BCUT2D eigenvalue weighted by Gasteiger charge is -2.40. The van der Waals surface area contributed by atoms with Gasteiger partial charge in [0.2, 0.25) is 0 Å². The molecule has 1 saturated heterocycles. The van der Waals surface area contributed by atoms with Gasteiger partial charge in [-0.05, 0) is 51.4 Å². The third-order valence-corrected chi connectivity index (χ3v) is 11.3. The van der Waals surface area contributed by atoms with E-state index >= 15 is 0 Å². The van der Waals surface area contributed by atoms with E-state index in [9.17, 15) is 37.9 Å². The maximum absolute atomic E-state index is 12.8. The van der Waals surface area contributed by atoms with Crippen LogP contribution in [0.4, 0.5) is 0 Å². The first kappa shape index (κ1) is 58.1. The molecule has 1 rings (SSSR count). The normalized spacial score (nSPS) is 20.4. The van der Waals surface area contributed by atoms with E-state index in [1.54, 1.807) is 0 Å². The number of esters is 2. The molecule has 2 unspecified atom stereocenters. The quantitative estimate of drug-likeness (QED) is 0.0198. The summed E-state index contributed by atoms with van der Waals surface area (Å²) in [5, 5.41) is 30.9. The maximum Gasteiger partial charge on any atom is 0.306 e. The lowest BCUT2D eigenvalue weighted by Crippen LogP contribution is -2.60. The number of unbranched alkanes of at least 4 members (excludes halogenated alkanes) is 15. The highest BCUT2D eigenvalue weighted by Crippen LogP contribution is 2.24. The van der Waals surface area contributed by atoms with E-state index in [0.717, 1.165) is 51.4 Å². The highest BCUT2D eigenvalue weighted by Gasteiger charge is 2.46. The van der Waals surface area contributed by atoms with Crippen LogP contribution in [-0.2, 0) is 38.7 Å². The molecule has 4 N–H and O–H groups in total. The molecule has 0 aromatic heterocycles. The van der Waals surface area contributed by atoms with Gasteiger partial charge in [0.25, 0.3) is 10.1 Å². The second-order valence-corrected chi connectivity index (χ2v) is 17.9. The molecular formula is C50H84O12S. The molecule has 1 aliphatic rings. The van der Waals surface area contributed by atoms with Gasteiger partial charge in [0.05, 0.1) is 6.61 Å². The molecule has 0 aromatic carbocycles. The van der Waals surface area contributed by atoms with E-state index < -0.39 is 71.2 Å². The first-order valence-corrected chi connectivity index (χ1v) is 25.6. The molecule has 0 aromatic rings. The average molecular weight is 909 g/mol. The molecule has 0 aliphatic carbocycles. The van der Waals surface area contributed by atoms with Crippen LogP contribution < -0.4 is 0 Å². The van der Waals surface area contributed by atoms with Crippen molar-refractivity contribution in [2.75, 3.05) is 19.0 Å². The van der Waals surface area contributed by atoms with E-state index in [-0.39, 0.29) is 19.4 Å². The van der Waals surface area contributed by atoms with Gasteiger partial charge in [0, 0.05) is 12.8 Å². The van der Waals surface area contributed by atoms with Crippen LogP contribution in [0.1, 0.15) is 174 Å². The third-order valence-electron chi connectivity index (χ3n) is 10.6. The zero-order chi connectivity index (χ0) is 46.2. The second-order valence-electron chi connectivity index (χ2n) is 16.4. The van der Waals surface area contributed by atoms with Gasteiger partial charge in [-0.25, -0.2) is 0 Å². The van der Waals surface area contributed by atoms with Crippen LogP contribution in [-0.4, -0.2) is 96.0 Å². The van der Waals surface area contributed by atoms with Crippen LogP contribution in [0.3, 0.4) is 0 Å².